The van der Waals surface area contributed by atoms with E-state index in [0.717, 1.165) is 21.5 Å². The lowest BCUT2D eigenvalue weighted by atomic mass is 10.2. The molecule has 0 saturated carbocycles. The van der Waals surface area contributed by atoms with Gasteiger partial charge in [0.2, 0.25) is 5.91 Å². The number of likely N-dealkylation sites (N-methyl/N-ethyl adjacent to an activating group) is 1. The number of carbonyl (C=O) groups excluding carboxylic acids is 2. The standard InChI is InChI=1S/C22H26FN5O2S/c1-3-24-20(29)14-26-8-10-27(11-9-26)21(30)19-12-18-15(2)25-28(22(18)31-19)13-16-4-6-17(23)7-5-16/h4-7,12H,3,8-11,13-14H2,1-2H3,(H,24,29). The fraction of sp³-hybridized carbons (Fsp3) is 0.409. The number of amides is 2. The molecule has 9 heteroatoms. The summed E-state index contributed by atoms with van der Waals surface area (Å²) in [5, 5.41) is 8.38. The van der Waals surface area contributed by atoms with E-state index in [1.54, 1.807) is 12.1 Å². The Morgan fingerprint density at radius 2 is 1.87 bits per heavy atom. The Labute approximate surface area is 184 Å². The molecule has 0 radical (unpaired) electrons. The topological polar surface area (TPSA) is 70.5 Å². The van der Waals surface area contributed by atoms with Crippen LogP contribution in [0.1, 0.15) is 27.9 Å². The summed E-state index contributed by atoms with van der Waals surface area (Å²) < 4.78 is 15.1. The number of rotatable bonds is 6. The van der Waals surface area contributed by atoms with Crippen LogP contribution in [0.5, 0.6) is 0 Å². The Bertz CT molecular complexity index is 1080. The third kappa shape index (κ3) is 4.77. The Morgan fingerprint density at radius 3 is 2.55 bits per heavy atom. The highest BCUT2D eigenvalue weighted by molar-refractivity contribution is 7.20. The van der Waals surface area contributed by atoms with Gasteiger partial charge in [-0.3, -0.25) is 19.2 Å². The van der Waals surface area contributed by atoms with Crippen LogP contribution in [0.4, 0.5) is 4.39 Å². The van der Waals surface area contributed by atoms with Gasteiger partial charge in [-0.15, -0.1) is 11.3 Å². The van der Waals surface area contributed by atoms with Gasteiger partial charge in [0.15, 0.2) is 0 Å². The van der Waals surface area contributed by atoms with Crippen LogP contribution in [0.15, 0.2) is 30.3 Å². The Balaban J connectivity index is 1.44. The van der Waals surface area contributed by atoms with E-state index >= 15 is 0 Å². The maximum Gasteiger partial charge on any atom is 0.264 e. The van der Waals surface area contributed by atoms with Crippen LogP contribution >= 0.6 is 11.3 Å². The van der Waals surface area contributed by atoms with Gasteiger partial charge in [0.05, 0.1) is 23.7 Å². The number of hydrogen-bond acceptors (Lipinski definition) is 5. The lowest BCUT2D eigenvalue weighted by Crippen LogP contribution is -2.51. The first kappa shape index (κ1) is 21.5. The Hall–Kier alpha value is -2.78. The van der Waals surface area contributed by atoms with Gasteiger partial charge in [0.25, 0.3) is 5.91 Å². The second-order valence-electron chi connectivity index (χ2n) is 7.72. The number of halogens is 1. The fourth-order valence-electron chi connectivity index (χ4n) is 3.81. The van der Waals surface area contributed by atoms with Gasteiger partial charge >= 0.3 is 0 Å². The van der Waals surface area contributed by atoms with E-state index in [0.29, 0.717) is 50.7 Å². The molecule has 1 saturated heterocycles. The highest BCUT2D eigenvalue weighted by Crippen LogP contribution is 2.30. The van der Waals surface area contributed by atoms with E-state index < -0.39 is 0 Å². The van der Waals surface area contributed by atoms with Crippen LogP contribution in [0.25, 0.3) is 10.2 Å². The molecule has 1 aromatic carbocycles. The molecule has 1 fully saturated rings. The van der Waals surface area contributed by atoms with Crippen LogP contribution < -0.4 is 5.32 Å². The molecule has 31 heavy (non-hydrogen) atoms. The third-order valence-corrected chi connectivity index (χ3v) is 6.60. The Morgan fingerprint density at radius 1 is 1.16 bits per heavy atom. The maximum atomic E-state index is 13.2. The normalized spacial score (nSPS) is 14.9. The van der Waals surface area contributed by atoms with Gasteiger partial charge in [-0.1, -0.05) is 12.1 Å². The quantitative estimate of drug-likeness (QED) is 0.636. The summed E-state index contributed by atoms with van der Waals surface area (Å²) >= 11 is 1.44. The predicted octanol–water partition coefficient (Wildman–Crippen LogP) is 2.49. The second kappa shape index (κ2) is 9.15. The van der Waals surface area contributed by atoms with Gasteiger partial charge in [0.1, 0.15) is 10.6 Å². The van der Waals surface area contributed by atoms with Gasteiger partial charge in [-0.05, 0) is 37.6 Å². The van der Waals surface area contributed by atoms with E-state index in [9.17, 15) is 14.0 Å². The highest BCUT2D eigenvalue weighted by atomic mass is 32.1. The summed E-state index contributed by atoms with van der Waals surface area (Å²) in [7, 11) is 0. The number of piperazine rings is 1. The van der Waals surface area contributed by atoms with Crippen molar-refractivity contribution in [2.45, 2.75) is 20.4 Å². The molecule has 164 valence electrons. The van der Waals surface area contributed by atoms with Crippen molar-refractivity contribution in [3.8, 4) is 0 Å². The van der Waals surface area contributed by atoms with Crippen LogP contribution in [0.2, 0.25) is 0 Å². The van der Waals surface area contributed by atoms with Crippen molar-refractivity contribution in [2.24, 2.45) is 0 Å². The van der Waals surface area contributed by atoms with E-state index in [-0.39, 0.29) is 17.6 Å². The number of aromatic nitrogens is 2. The van der Waals surface area contributed by atoms with Crippen molar-refractivity contribution in [2.75, 3.05) is 39.3 Å². The van der Waals surface area contributed by atoms with Gasteiger partial charge in [0, 0.05) is 38.1 Å². The van der Waals surface area contributed by atoms with Crippen molar-refractivity contribution in [1.82, 2.24) is 24.9 Å². The molecule has 0 unspecified atom stereocenters. The Kier molecular flexibility index (Phi) is 6.33. The van der Waals surface area contributed by atoms with Crippen molar-refractivity contribution < 1.29 is 14.0 Å². The van der Waals surface area contributed by atoms with E-state index in [2.05, 4.69) is 15.3 Å². The van der Waals surface area contributed by atoms with Crippen LogP contribution in [-0.2, 0) is 11.3 Å². The zero-order chi connectivity index (χ0) is 22.0. The number of hydrogen-bond donors (Lipinski definition) is 1. The minimum absolute atomic E-state index is 0.0200. The van der Waals surface area contributed by atoms with Crippen LogP contribution in [0.3, 0.4) is 0 Å². The lowest BCUT2D eigenvalue weighted by molar-refractivity contribution is -0.122. The summed E-state index contributed by atoms with van der Waals surface area (Å²) in [6, 6.07) is 8.30. The maximum absolute atomic E-state index is 13.2. The molecule has 0 atom stereocenters. The number of carbonyl (C=O) groups is 2. The van der Waals surface area contributed by atoms with E-state index in [1.807, 2.05) is 29.5 Å². The second-order valence-corrected chi connectivity index (χ2v) is 8.75. The molecule has 2 aromatic heterocycles. The molecule has 2 amide bonds. The van der Waals surface area contributed by atoms with Gasteiger partial charge < -0.3 is 10.2 Å². The first-order chi connectivity index (χ1) is 14.9. The zero-order valence-electron chi connectivity index (χ0n) is 17.7. The van der Waals surface area contributed by atoms with Crippen molar-refractivity contribution in [1.29, 1.82) is 0 Å². The SMILES string of the molecule is CCNC(=O)CN1CCN(C(=O)c2cc3c(C)nn(Cc4ccc(F)cc4)c3s2)CC1. The summed E-state index contributed by atoms with van der Waals surface area (Å²) in [6.45, 7) is 7.94. The summed E-state index contributed by atoms with van der Waals surface area (Å²) in [5.74, 6) is -0.222. The number of nitrogens with zero attached hydrogens (tertiary/aromatic N) is 4. The molecule has 4 rings (SSSR count). The number of benzene rings is 1. The van der Waals surface area contributed by atoms with Crippen LogP contribution in [-0.4, -0.2) is 70.7 Å². The number of aryl methyl sites for hydroxylation is 1. The van der Waals surface area contributed by atoms with E-state index in [1.165, 1.54) is 23.5 Å². The molecular formula is C22H26FN5O2S. The average molecular weight is 444 g/mol. The van der Waals surface area contributed by atoms with Crippen molar-refractivity contribution >= 4 is 33.4 Å². The molecule has 0 aliphatic carbocycles. The minimum atomic E-state index is -0.263. The molecule has 3 heterocycles. The molecule has 7 nitrogen and oxygen atoms in total. The highest BCUT2D eigenvalue weighted by Gasteiger charge is 2.25. The molecule has 1 N–H and O–H groups in total. The number of fused-ring (bicyclic) bond motifs is 1. The summed E-state index contributed by atoms with van der Waals surface area (Å²) in [5.41, 5.74) is 1.83. The average Bonchev–Trinajstić information content (AvgIpc) is 3.31. The molecule has 1 aliphatic rings. The molecular weight excluding hydrogens is 417 g/mol. The van der Waals surface area contributed by atoms with Crippen molar-refractivity contribution in [3.05, 3.63) is 52.3 Å². The number of nitrogens with one attached hydrogen (secondary N) is 1. The zero-order valence-corrected chi connectivity index (χ0v) is 18.5. The largest absolute Gasteiger partial charge is 0.355 e. The predicted molar refractivity (Wildman–Crippen MR) is 119 cm³/mol. The smallest absolute Gasteiger partial charge is 0.264 e. The molecule has 1 aliphatic heterocycles. The van der Waals surface area contributed by atoms with Crippen molar-refractivity contribution in [3.63, 3.8) is 0 Å². The lowest BCUT2D eigenvalue weighted by Gasteiger charge is -2.34. The molecule has 3 aromatic rings. The monoisotopic (exact) mass is 443 g/mol. The van der Waals surface area contributed by atoms with Gasteiger partial charge in [-0.2, -0.15) is 5.10 Å². The van der Waals surface area contributed by atoms with E-state index in [4.69, 9.17) is 0 Å². The fourth-order valence-corrected chi connectivity index (χ4v) is 4.94. The third-order valence-electron chi connectivity index (χ3n) is 5.46. The van der Waals surface area contributed by atoms with Crippen LogP contribution in [0, 0.1) is 12.7 Å². The minimum Gasteiger partial charge on any atom is -0.355 e. The first-order valence-corrected chi connectivity index (χ1v) is 11.3. The summed E-state index contributed by atoms with van der Waals surface area (Å²) in [6.07, 6.45) is 0. The summed E-state index contributed by atoms with van der Waals surface area (Å²) in [4.78, 5) is 30.4. The first-order valence-electron chi connectivity index (χ1n) is 10.4. The van der Waals surface area contributed by atoms with Gasteiger partial charge in [-0.25, -0.2) is 4.39 Å². The molecule has 0 bridgehead atoms. The molecule has 0 spiro atoms. The number of thiophene rings is 1.